The van der Waals surface area contributed by atoms with Crippen LogP contribution in [-0.2, 0) is 34.3 Å². The van der Waals surface area contributed by atoms with Crippen LogP contribution < -0.4 is 9.05 Å². The number of benzene rings is 2. The van der Waals surface area contributed by atoms with Gasteiger partial charge in [-0.2, -0.15) is 0 Å². The summed E-state index contributed by atoms with van der Waals surface area (Å²) in [7, 11) is -1.34. The Morgan fingerprint density at radius 3 is 0.890 bits per heavy atom. The summed E-state index contributed by atoms with van der Waals surface area (Å²) < 4.78 is 38.7. The van der Waals surface area contributed by atoms with Crippen LogP contribution in [0.1, 0.15) is 323 Å². The third-order valence-corrected chi connectivity index (χ3v) is 17.1. The van der Waals surface area contributed by atoms with Crippen molar-refractivity contribution in [1.82, 2.24) is 0 Å². The molecule has 0 bridgehead atoms. The molecule has 8 heteroatoms. The highest BCUT2D eigenvalue weighted by atomic mass is 31.2. The Kier molecular flexibility index (Phi) is 38.8. The van der Waals surface area contributed by atoms with Crippen LogP contribution in [0.15, 0.2) is 36.4 Å². The van der Waals surface area contributed by atoms with Gasteiger partial charge in [-0.25, -0.2) is 0 Å². The van der Waals surface area contributed by atoms with Crippen LogP contribution in [0.5, 0.6) is 11.5 Å². The zero-order valence-electron chi connectivity index (χ0n) is 50.2. The van der Waals surface area contributed by atoms with Crippen LogP contribution >= 0.6 is 17.2 Å². The maximum atomic E-state index is 6.89. The Morgan fingerprint density at radius 1 is 0.342 bits per heavy atom. The van der Waals surface area contributed by atoms with Gasteiger partial charge in [0, 0.05) is 23.7 Å². The third-order valence-electron chi connectivity index (χ3n) is 14.9. The Morgan fingerprint density at radius 2 is 0.616 bits per heavy atom. The lowest BCUT2D eigenvalue weighted by molar-refractivity contribution is 0.197. The third kappa shape index (κ3) is 30.5. The molecule has 0 aromatic heterocycles. The van der Waals surface area contributed by atoms with Crippen molar-refractivity contribution in [1.29, 1.82) is 0 Å². The number of rotatable bonds is 48. The van der Waals surface area contributed by atoms with Gasteiger partial charge in [-0.3, -0.25) is 0 Å². The fourth-order valence-corrected chi connectivity index (χ4v) is 12.0. The first-order valence-corrected chi connectivity index (χ1v) is 33.1. The van der Waals surface area contributed by atoms with Gasteiger partial charge >= 0.3 is 17.2 Å². The van der Waals surface area contributed by atoms with Crippen molar-refractivity contribution >= 4 is 17.2 Å². The van der Waals surface area contributed by atoms with E-state index < -0.39 is 17.2 Å². The maximum absolute atomic E-state index is 6.89. The first-order valence-electron chi connectivity index (χ1n) is 30.9. The fraction of sp³-hybridized carbons (Fsp3) is 0.815. The van der Waals surface area contributed by atoms with Crippen molar-refractivity contribution < 1.29 is 27.1 Å². The Hall–Kier alpha value is -1.26. The summed E-state index contributed by atoms with van der Waals surface area (Å²) in [5.41, 5.74) is 4.38. The lowest BCUT2D eigenvalue weighted by Crippen LogP contribution is -2.26. The van der Waals surface area contributed by atoms with Gasteiger partial charge in [0.1, 0.15) is 11.5 Å². The molecule has 2 aromatic carbocycles. The molecule has 0 aliphatic carbocycles. The zero-order valence-corrected chi connectivity index (χ0v) is 52.0. The van der Waals surface area contributed by atoms with E-state index in [0.29, 0.717) is 19.8 Å². The molecule has 0 aliphatic heterocycles. The molecule has 2 unspecified atom stereocenters. The number of unbranched alkanes of at least 4 members (excludes halogenated alkanes) is 30. The van der Waals surface area contributed by atoms with Crippen LogP contribution in [0.2, 0.25) is 0 Å². The van der Waals surface area contributed by atoms with E-state index in [-0.39, 0.29) is 16.2 Å². The predicted octanol–water partition coefficient (Wildman–Crippen LogP) is 23.2. The van der Waals surface area contributed by atoms with Gasteiger partial charge in [0.2, 0.25) is 0 Å². The standard InChI is InChI=1S/C65H118O6P2/c1-13-17-20-23-26-29-32-35-38-41-44-52-67-72(66-12)70-61-49-47-57(55-59(61)63(5,6)7)65(11,51-16-4)58-48-50-62(60(56-58)64(8,9)10)71-73(68-53-45-42-39-36-33-30-27-24-21-18-14-2)69-54-46-43-40-37-34-31-28-25-22-19-15-3/h47-50,55-56H,13-46,51-54H2,1-12H3. The highest BCUT2D eigenvalue weighted by Gasteiger charge is 2.34. The van der Waals surface area contributed by atoms with Crippen molar-refractivity contribution in [2.75, 3.05) is 26.9 Å². The van der Waals surface area contributed by atoms with Gasteiger partial charge < -0.3 is 27.1 Å². The molecule has 0 aliphatic rings. The van der Waals surface area contributed by atoms with E-state index in [0.717, 1.165) is 43.6 Å². The van der Waals surface area contributed by atoms with Crippen LogP contribution in [0, 0.1) is 0 Å². The molecule has 2 rings (SSSR count). The first kappa shape index (κ1) is 67.8. The summed E-state index contributed by atoms with van der Waals surface area (Å²) >= 11 is 0. The molecule has 0 saturated carbocycles. The van der Waals surface area contributed by atoms with Gasteiger partial charge in [0.25, 0.3) is 0 Å². The van der Waals surface area contributed by atoms with E-state index in [1.165, 1.54) is 215 Å². The smallest absolute Gasteiger partial charge is 0.397 e. The molecule has 2 atom stereocenters. The quantitative estimate of drug-likeness (QED) is 0.0486. The van der Waals surface area contributed by atoms with Gasteiger partial charge in [-0.1, -0.05) is 299 Å². The molecule has 73 heavy (non-hydrogen) atoms. The number of hydrogen-bond acceptors (Lipinski definition) is 6. The number of hydrogen-bond donors (Lipinski definition) is 0. The summed E-state index contributed by atoms with van der Waals surface area (Å²) in [4.78, 5) is 0. The molecule has 0 radical (unpaired) electrons. The molecule has 6 nitrogen and oxygen atoms in total. The van der Waals surface area contributed by atoms with Crippen molar-refractivity contribution in [3.63, 3.8) is 0 Å². The largest absolute Gasteiger partial charge is 0.426 e. The molecule has 0 N–H and O–H groups in total. The molecule has 0 fully saturated rings. The van der Waals surface area contributed by atoms with Crippen molar-refractivity contribution in [2.45, 2.75) is 317 Å². The Balaban J connectivity index is 2.20. The molecular weight excluding hydrogens is 939 g/mol. The topological polar surface area (TPSA) is 55.4 Å². The van der Waals surface area contributed by atoms with E-state index in [4.69, 9.17) is 27.1 Å². The highest BCUT2D eigenvalue weighted by molar-refractivity contribution is 7.42. The second kappa shape index (κ2) is 41.8. The predicted molar refractivity (Wildman–Crippen MR) is 321 cm³/mol. The van der Waals surface area contributed by atoms with E-state index >= 15 is 0 Å². The molecule has 0 spiro atoms. The second-order valence-corrected chi connectivity index (χ2v) is 26.3. The average Bonchev–Trinajstić information content (AvgIpc) is 3.36. The van der Waals surface area contributed by atoms with Gasteiger partial charge in [-0.05, 0) is 59.8 Å². The lowest BCUT2D eigenvalue weighted by atomic mass is 9.70. The normalized spacial score (nSPS) is 13.5. The Labute approximate surface area is 456 Å². The molecule has 2 aromatic rings. The lowest BCUT2D eigenvalue weighted by Gasteiger charge is -2.35. The van der Waals surface area contributed by atoms with Crippen LogP contribution in [-0.4, -0.2) is 26.9 Å². The van der Waals surface area contributed by atoms with Gasteiger partial charge in [-0.15, -0.1) is 0 Å². The SMILES string of the molecule is CCCCCCCCCCCCCOP(OC)Oc1ccc(C(C)(CCC)c2ccc(OP(OCCCCCCCCCCCCC)OCCCCCCCCCCCCC)c(C(C)(C)C)c2)cc1C(C)(C)C. The van der Waals surface area contributed by atoms with E-state index in [1.807, 2.05) is 0 Å². The summed E-state index contributed by atoms with van der Waals surface area (Å²) in [5.74, 6) is 1.72. The maximum Gasteiger partial charge on any atom is 0.397 e. The van der Waals surface area contributed by atoms with Crippen molar-refractivity contribution in [2.24, 2.45) is 0 Å². The molecule has 0 saturated heterocycles. The second-order valence-electron chi connectivity index (χ2n) is 23.9. The van der Waals surface area contributed by atoms with Gasteiger partial charge in [0.15, 0.2) is 0 Å². The molecule has 0 amide bonds. The van der Waals surface area contributed by atoms with Crippen LogP contribution in [0.25, 0.3) is 0 Å². The van der Waals surface area contributed by atoms with E-state index in [9.17, 15) is 0 Å². The minimum absolute atomic E-state index is 0.157. The first-order chi connectivity index (χ1) is 35.2. The van der Waals surface area contributed by atoms with Crippen molar-refractivity contribution in [3.05, 3.63) is 58.7 Å². The average molecular weight is 1060 g/mol. The molecule has 424 valence electrons. The van der Waals surface area contributed by atoms with Gasteiger partial charge in [0.05, 0.1) is 19.8 Å². The zero-order chi connectivity index (χ0) is 53.5. The fourth-order valence-electron chi connectivity index (χ4n) is 10.1. The summed E-state index contributed by atoms with van der Waals surface area (Å²) in [6.07, 6.45) is 45.4. The summed E-state index contributed by atoms with van der Waals surface area (Å²) in [6, 6.07) is 13.8. The molecular formula is C65H118O6P2. The minimum Gasteiger partial charge on any atom is -0.426 e. The monoisotopic (exact) mass is 1060 g/mol. The highest BCUT2D eigenvalue weighted by Crippen LogP contribution is 2.49. The summed E-state index contributed by atoms with van der Waals surface area (Å²) in [5, 5.41) is 0. The van der Waals surface area contributed by atoms with E-state index in [2.05, 4.69) is 113 Å². The van der Waals surface area contributed by atoms with E-state index in [1.54, 1.807) is 7.11 Å². The van der Waals surface area contributed by atoms with Crippen LogP contribution in [0.3, 0.4) is 0 Å². The Bertz CT molecular complexity index is 1580. The molecule has 0 heterocycles. The van der Waals surface area contributed by atoms with Crippen LogP contribution in [0.4, 0.5) is 0 Å². The summed E-state index contributed by atoms with van der Waals surface area (Å²) in [6.45, 7) is 27.3. The minimum atomic E-state index is -1.54. The van der Waals surface area contributed by atoms with Crippen molar-refractivity contribution in [3.8, 4) is 11.5 Å².